The molecule has 166 valence electrons. The molecule has 3 unspecified atom stereocenters. The first-order valence-electron chi connectivity index (χ1n) is 10.8. The predicted molar refractivity (Wildman–Crippen MR) is 131 cm³/mol. The van der Waals surface area contributed by atoms with Crippen molar-refractivity contribution < 1.29 is 4.79 Å². The number of hydrogen-bond acceptors (Lipinski definition) is 4. The van der Waals surface area contributed by atoms with Crippen LogP contribution in [0.15, 0.2) is 42.2 Å². The van der Waals surface area contributed by atoms with Crippen LogP contribution in [0.2, 0.25) is 0 Å². The van der Waals surface area contributed by atoms with Gasteiger partial charge in [0.25, 0.3) is 0 Å². The van der Waals surface area contributed by atoms with Gasteiger partial charge in [0.2, 0.25) is 5.91 Å². The molecule has 2 rings (SSSR count). The molecule has 0 spiro atoms. The summed E-state index contributed by atoms with van der Waals surface area (Å²) in [5.41, 5.74) is 10.2. The second-order valence-electron chi connectivity index (χ2n) is 9.50. The Labute approximate surface area is 187 Å². The normalized spacial score (nSPS) is 19.8. The molecule has 1 aliphatic rings. The summed E-state index contributed by atoms with van der Waals surface area (Å²) in [6.07, 6.45) is 3.94. The first kappa shape index (κ1) is 24.4. The van der Waals surface area contributed by atoms with Crippen LogP contribution in [0.5, 0.6) is 0 Å². The monoisotopic (exact) mass is 429 g/mol. The highest BCUT2D eigenvalue weighted by Crippen LogP contribution is 2.35. The molecule has 1 fully saturated rings. The van der Waals surface area contributed by atoms with Gasteiger partial charge < -0.3 is 16.0 Å². The van der Waals surface area contributed by atoms with Gasteiger partial charge in [0.1, 0.15) is 6.04 Å². The maximum atomic E-state index is 13.1. The molecule has 1 amide bonds. The highest BCUT2D eigenvalue weighted by Gasteiger charge is 2.35. The molecule has 1 saturated heterocycles. The number of nitrogens with one attached hydrogen (secondary N) is 1. The Morgan fingerprint density at radius 3 is 2.37 bits per heavy atom. The molecule has 4 nitrogen and oxygen atoms in total. The second kappa shape index (κ2) is 9.95. The van der Waals surface area contributed by atoms with Crippen molar-refractivity contribution in [1.29, 1.82) is 0 Å². The van der Waals surface area contributed by atoms with Gasteiger partial charge in [0, 0.05) is 28.8 Å². The molecule has 3 N–H and O–H groups in total. The quantitative estimate of drug-likeness (QED) is 0.598. The van der Waals surface area contributed by atoms with Crippen LogP contribution in [0.3, 0.4) is 0 Å². The number of carbonyl (C=O) groups is 1. The Hall–Kier alpha value is -1.88. The third kappa shape index (κ3) is 5.63. The number of nitrogens with zero attached hydrogens (tertiary/aromatic N) is 1. The highest BCUT2D eigenvalue weighted by atomic mass is 32.2. The second-order valence-corrected chi connectivity index (χ2v) is 10.3. The summed E-state index contributed by atoms with van der Waals surface area (Å²) in [5, 5.41) is 3.22. The zero-order valence-electron chi connectivity index (χ0n) is 19.7. The molecule has 0 radical (unpaired) electrons. The molecule has 1 aromatic rings. The van der Waals surface area contributed by atoms with Crippen molar-refractivity contribution in [3.05, 3.63) is 53.4 Å². The van der Waals surface area contributed by atoms with Crippen LogP contribution < -0.4 is 11.1 Å². The van der Waals surface area contributed by atoms with E-state index in [1.54, 1.807) is 11.8 Å². The molecule has 0 aromatic heterocycles. The van der Waals surface area contributed by atoms with E-state index in [4.69, 9.17) is 5.73 Å². The van der Waals surface area contributed by atoms with Crippen LogP contribution in [-0.2, 0) is 4.79 Å². The molecule has 0 saturated carbocycles. The lowest BCUT2D eigenvalue weighted by Crippen LogP contribution is -2.45. The van der Waals surface area contributed by atoms with Crippen molar-refractivity contribution >= 4 is 22.6 Å². The molecular formula is C25H39N3OS. The Morgan fingerprint density at radius 1 is 1.27 bits per heavy atom. The summed E-state index contributed by atoms with van der Waals surface area (Å²) >= 11 is 1.65. The number of amides is 1. The van der Waals surface area contributed by atoms with E-state index < -0.39 is 0 Å². The van der Waals surface area contributed by atoms with Gasteiger partial charge in [-0.25, -0.2) is 0 Å². The summed E-state index contributed by atoms with van der Waals surface area (Å²) in [7, 11) is 0. The van der Waals surface area contributed by atoms with Crippen molar-refractivity contribution in [3.63, 3.8) is 0 Å². The maximum Gasteiger partial charge on any atom is 0.243 e. The zero-order chi connectivity index (χ0) is 22.6. The Kier molecular flexibility index (Phi) is 8.09. The lowest BCUT2D eigenvalue weighted by molar-refractivity contribution is -0.125. The van der Waals surface area contributed by atoms with E-state index in [1.807, 2.05) is 20.1 Å². The summed E-state index contributed by atoms with van der Waals surface area (Å²) < 4.78 is 0. The lowest BCUT2D eigenvalue weighted by Gasteiger charge is -2.37. The van der Waals surface area contributed by atoms with Crippen LogP contribution in [0, 0.1) is 11.3 Å². The van der Waals surface area contributed by atoms with Gasteiger partial charge in [-0.15, -0.1) is 11.8 Å². The third-order valence-electron chi connectivity index (χ3n) is 6.32. The van der Waals surface area contributed by atoms with Gasteiger partial charge in [0.15, 0.2) is 0 Å². The number of allylic oxidation sites excluding steroid dienone is 2. The van der Waals surface area contributed by atoms with Crippen molar-refractivity contribution in [3.8, 4) is 0 Å². The minimum atomic E-state index is -0.130. The molecule has 3 atom stereocenters. The fourth-order valence-electron chi connectivity index (χ4n) is 3.95. The Balaban J connectivity index is 2.08. The largest absolute Gasteiger partial charge is 0.401 e. The summed E-state index contributed by atoms with van der Waals surface area (Å²) in [6.45, 7) is 18.1. The number of likely N-dealkylation sites (tertiary alicyclic amines) is 1. The van der Waals surface area contributed by atoms with Crippen LogP contribution in [0.4, 0.5) is 0 Å². The van der Waals surface area contributed by atoms with Gasteiger partial charge >= 0.3 is 0 Å². The number of rotatable bonds is 7. The molecule has 1 aliphatic heterocycles. The van der Waals surface area contributed by atoms with E-state index in [0.29, 0.717) is 5.92 Å². The molecule has 1 aromatic carbocycles. The van der Waals surface area contributed by atoms with Crippen LogP contribution in [-0.4, -0.2) is 29.6 Å². The van der Waals surface area contributed by atoms with Crippen LogP contribution >= 0.6 is 11.8 Å². The molecular weight excluding hydrogens is 390 g/mol. The maximum absolute atomic E-state index is 13.1. The van der Waals surface area contributed by atoms with Crippen LogP contribution in [0.1, 0.15) is 71.6 Å². The predicted octanol–water partition coefficient (Wildman–Crippen LogP) is 5.53. The first-order valence-corrected chi connectivity index (χ1v) is 12.1. The van der Waals surface area contributed by atoms with Gasteiger partial charge in [-0.1, -0.05) is 58.5 Å². The molecule has 0 aliphatic carbocycles. The fourth-order valence-corrected chi connectivity index (χ4v) is 4.65. The van der Waals surface area contributed by atoms with Crippen LogP contribution in [0.25, 0.3) is 4.91 Å². The van der Waals surface area contributed by atoms with Crippen molar-refractivity contribution in [1.82, 2.24) is 10.2 Å². The van der Waals surface area contributed by atoms with Gasteiger partial charge in [-0.05, 0) is 49.5 Å². The van der Waals surface area contributed by atoms with Crippen molar-refractivity contribution in [2.24, 2.45) is 17.1 Å². The summed E-state index contributed by atoms with van der Waals surface area (Å²) in [6, 6.07) is 8.13. The minimum Gasteiger partial charge on any atom is -0.401 e. The van der Waals surface area contributed by atoms with E-state index in [-0.39, 0.29) is 23.4 Å². The van der Waals surface area contributed by atoms with E-state index in [2.05, 4.69) is 68.8 Å². The molecule has 30 heavy (non-hydrogen) atoms. The minimum absolute atomic E-state index is 0.0528. The van der Waals surface area contributed by atoms with E-state index in [1.165, 1.54) is 0 Å². The number of nitrogens with two attached hydrogens (primary N) is 1. The summed E-state index contributed by atoms with van der Waals surface area (Å²) in [4.78, 5) is 16.4. The number of thioether (sulfide) groups is 1. The van der Waals surface area contributed by atoms with E-state index >= 15 is 0 Å². The molecule has 0 bridgehead atoms. The van der Waals surface area contributed by atoms with Gasteiger partial charge in [-0.2, -0.15) is 0 Å². The molecule has 1 heterocycles. The van der Waals surface area contributed by atoms with Crippen molar-refractivity contribution in [2.45, 2.75) is 66.5 Å². The molecule has 5 heteroatoms. The zero-order valence-corrected chi connectivity index (χ0v) is 20.5. The SMILES string of the molecule is C=C(C(C)C(C)(C)C)N1CCCC1C(=O)NC(C)c1ccc(/C(SC)=C(\C)N)cc1. The Morgan fingerprint density at radius 2 is 1.87 bits per heavy atom. The number of hydrogen-bond donors (Lipinski definition) is 2. The number of benzene rings is 1. The van der Waals surface area contributed by atoms with Gasteiger partial charge in [-0.3, -0.25) is 4.79 Å². The first-order chi connectivity index (χ1) is 14.0. The van der Waals surface area contributed by atoms with E-state index in [9.17, 15) is 4.79 Å². The lowest BCUT2D eigenvalue weighted by atomic mass is 9.80. The average molecular weight is 430 g/mol. The number of carbonyl (C=O) groups excluding carboxylic acids is 1. The Bertz CT molecular complexity index is 788. The highest BCUT2D eigenvalue weighted by molar-refractivity contribution is 8.07. The summed E-state index contributed by atoms with van der Waals surface area (Å²) in [5.74, 6) is 0.411. The topological polar surface area (TPSA) is 58.4 Å². The average Bonchev–Trinajstić information content (AvgIpc) is 3.16. The third-order valence-corrected chi connectivity index (χ3v) is 7.28. The van der Waals surface area contributed by atoms with Gasteiger partial charge in [0.05, 0.1) is 6.04 Å². The standard InChI is InChI=1S/C25H39N3OS/c1-16(25(5,6)7)19(4)28-15-9-10-22(28)24(29)27-18(3)20-11-13-21(14-12-20)23(30-8)17(2)26/h11-14,16,18,22H,4,9-10,15,26H2,1-3,5-8H3,(H,27,29)/b23-17-. The fraction of sp³-hybridized carbons (Fsp3) is 0.560. The van der Waals surface area contributed by atoms with E-state index in [0.717, 1.165) is 46.8 Å². The van der Waals surface area contributed by atoms with Crippen molar-refractivity contribution in [2.75, 3.05) is 12.8 Å². The smallest absolute Gasteiger partial charge is 0.243 e.